The van der Waals surface area contributed by atoms with Crippen LogP contribution in [0.3, 0.4) is 0 Å². The van der Waals surface area contributed by atoms with Gasteiger partial charge in [-0.05, 0) is 86.3 Å². The van der Waals surface area contributed by atoms with Gasteiger partial charge in [0.1, 0.15) is 11.2 Å². The van der Waals surface area contributed by atoms with E-state index >= 15 is 0 Å². The van der Waals surface area contributed by atoms with E-state index in [-0.39, 0.29) is 0 Å². The first-order chi connectivity index (χ1) is 20.3. The van der Waals surface area contributed by atoms with Crippen LogP contribution >= 0.6 is 0 Å². The molecule has 0 bridgehead atoms. The molecule has 8 aromatic rings. The normalized spacial score (nSPS) is 11.4. The molecule has 0 N–H and O–H groups in total. The van der Waals surface area contributed by atoms with Gasteiger partial charge >= 0.3 is 0 Å². The third-order valence-electron chi connectivity index (χ3n) is 7.92. The molecule has 0 amide bonds. The summed E-state index contributed by atoms with van der Waals surface area (Å²) in [6.45, 7) is 0. The molecule has 0 aliphatic carbocycles. The topological polar surface area (TPSA) is 38.9 Å². The van der Waals surface area contributed by atoms with E-state index in [1.54, 1.807) is 0 Å². The Bertz CT molecular complexity index is 2160. The van der Waals surface area contributed by atoms with Gasteiger partial charge in [-0.15, -0.1) is 0 Å². The highest BCUT2D eigenvalue weighted by Gasteiger charge is 2.17. The quantitative estimate of drug-likeness (QED) is 0.230. The summed E-state index contributed by atoms with van der Waals surface area (Å²) in [5.74, 6) is 0. The number of nitrogens with zero attached hydrogens (tertiary/aromatic N) is 2. The molecule has 41 heavy (non-hydrogen) atoms. The SMILES string of the molecule is c1cc(-c2ccc(-c3ccncc3)cc2)c2c(c1)oc1c3ccccc3c(-c3ccc(-c4ccncc4)cc3)cc12. The van der Waals surface area contributed by atoms with E-state index in [9.17, 15) is 0 Å². The molecule has 0 aliphatic rings. The molecule has 0 radical (unpaired) electrons. The lowest BCUT2D eigenvalue weighted by molar-refractivity contribution is 0.673. The largest absolute Gasteiger partial charge is 0.455 e. The smallest absolute Gasteiger partial charge is 0.143 e. The van der Waals surface area contributed by atoms with Gasteiger partial charge in [-0.1, -0.05) is 84.9 Å². The molecule has 3 aromatic heterocycles. The van der Waals surface area contributed by atoms with Crippen molar-refractivity contribution in [1.82, 2.24) is 9.97 Å². The van der Waals surface area contributed by atoms with Crippen LogP contribution in [0.4, 0.5) is 0 Å². The van der Waals surface area contributed by atoms with E-state index in [1.165, 1.54) is 27.6 Å². The molecule has 8 rings (SSSR count). The van der Waals surface area contributed by atoms with Crippen LogP contribution in [0.1, 0.15) is 0 Å². The van der Waals surface area contributed by atoms with Crippen molar-refractivity contribution in [3.63, 3.8) is 0 Å². The van der Waals surface area contributed by atoms with Crippen molar-refractivity contribution in [2.75, 3.05) is 0 Å². The van der Waals surface area contributed by atoms with E-state index in [0.717, 1.165) is 49.6 Å². The van der Waals surface area contributed by atoms with Gasteiger partial charge in [0.05, 0.1) is 0 Å². The van der Waals surface area contributed by atoms with Crippen LogP contribution in [0.15, 0.2) is 151 Å². The average Bonchev–Trinajstić information content (AvgIpc) is 3.45. The molecule has 0 atom stereocenters. The van der Waals surface area contributed by atoms with Gasteiger partial charge in [-0.25, -0.2) is 0 Å². The Hall–Kier alpha value is -5.54. The van der Waals surface area contributed by atoms with E-state index in [0.29, 0.717) is 0 Å². The van der Waals surface area contributed by atoms with Gasteiger partial charge in [0.25, 0.3) is 0 Å². The van der Waals surface area contributed by atoms with Crippen molar-refractivity contribution >= 4 is 32.7 Å². The lowest BCUT2D eigenvalue weighted by Crippen LogP contribution is -1.85. The molecule has 0 spiro atoms. The predicted octanol–water partition coefficient (Wildman–Crippen LogP) is 10.2. The third-order valence-corrected chi connectivity index (χ3v) is 7.92. The molecular formula is C38H24N2O. The summed E-state index contributed by atoms with van der Waals surface area (Å²) in [5.41, 5.74) is 11.2. The second-order valence-corrected chi connectivity index (χ2v) is 10.3. The van der Waals surface area contributed by atoms with Crippen molar-refractivity contribution in [2.24, 2.45) is 0 Å². The van der Waals surface area contributed by atoms with E-state index in [2.05, 4.69) is 107 Å². The maximum Gasteiger partial charge on any atom is 0.143 e. The molecule has 3 heterocycles. The Morgan fingerprint density at radius 3 is 1.51 bits per heavy atom. The molecule has 3 heteroatoms. The molecule has 192 valence electrons. The fourth-order valence-electron chi connectivity index (χ4n) is 5.90. The van der Waals surface area contributed by atoms with Crippen molar-refractivity contribution in [1.29, 1.82) is 0 Å². The minimum Gasteiger partial charge on any atom is -0.455 e. The van der Waals surface area contributed by atoms with E-state index in [4.69, 9.17) is 4.42 Å². The highest BCUT2D eigenvalue weighted by molar-refractivity contribution is 6.22. The fraction of sp³-hybridized carbons (Fsp3) is 0. The number of hydrogen-bond acceptors (Lipinski definition) is 3. The van der Waals surface area contributed by atoms with Crippen LogP contribution in [-0.2, 0) is 0 Å². The van der Waals surface area contributed by atoms with E-state index in [1.807, 2.05) is 49.1 Å². The fourth-order valence-corrected chi connectivity index (χ4v) is 5.90. The van der Waals surface area contributed by atoms with Gasteiger partial charge < -0.3 is 4.42 Å². The van der Waals surface area contributed by atoms with Gasteiger partial charge in [0, 0.05) is 40.9 Å². The van der Waals surface area contributed by atoms with Crippen molar-refractivity contribution in [2.45, 2.75) is 0 Å². The predicted molar refractivity (Wildman–Crippen MR) is 169 cm³/mol. The lowest BCUT2D eigenvalue weighted by Gasteiger charge is -2.10. The second-order valence-electron chi connectivity index (χ2n) is 10.3. The summed E-state index contributed by atoms with van der Waals surface area (Å²) in [5, 5.41) is 4.56. The Kier molecular flexibility index (Phi) is 5.46. The van der Waals surface area contributed by atoms with Gasteiger partial charge in [-0.3, -0.25) is 9.97 Å². The highest BCUT2D eigenvalue weighted by atomic mass is 16.3. The van der Waals surface area contributed by atoms with Gasteiger partial charge in [0.2, 0.25) is 0 Å². The number of benzene rings is 5. The zero-order valence-electron chi connectivity index (χ0n) is 22.2. The lowest BCUT2D eigenvalue weighted by atomic mass is 9.92. The highest BCUT2D eigenvalue weighted by Crippen LogP contribution is 2.43. The molecule has 3 nitrogen and oxygen atoms in total. The molecule has 0 saturated carbocycles. The van der Waals surface area contributed by atoms with Crippen LogP contribution < -0.4 is 0 Å². The van der Waals surface area contributed by atoms with Crippen LogP contribution in [0.5, 0.6) is 0 Å². The maximum atomic E-state index is 6.58. The zero-order valence-corrected chi connectivity index (χ0v) is 22.2. The van der Waals surface area contributed by atoms with Crippen molar-refractivity contribution in [3.8, 4) is 44.5 Å². The summed E-state index contributed by atoms with van der Waals surface area (Å²) in [6.07, 6.45) is 7.32. The number of aromatic nitrogens is 2. The van der Waals surface area contributed by atoms with Crippen molar-refractivity contribution in [3.05, 3.63) is 146 Å². The minimum absolute atomic E-state index is 0.894. The first-order valence-electron chi connectivity index (χ1n) is 13.7. The second kappa shape index (κ2) is 9.58. The Morgan fingerprint density at radius 1 is 0.390 bits per heavy atom. The van der Waals surface area contributed by atoms with Crippen LogP contribution in [-0.4, -0.2) is 9.97 Å². The summed E-state index contributed by atoms with van der Waals surface area (Å²) < 4.78 is 6.58. The summed E-state index contributed by atoms with van der Waals surface area (Å²) in [4.78, 5) is 8.30. The molecule has 0 fully saturated rings. The molecule has 0 unspecified atom stereocenters. The molecule has 0 saturated heterocycles. The molecule has 5 aromatic carbocycles. The van der Waals surface area contributed by atoms with Gasteiger partial charge in [0.15, 0.2) is 0 Å². The summed E-state index contributed by atoms with van der Waals surface area (Å²) in [6, 6.07) is 42.9. The maximum absolute atomic E-state index is 6.58. The molecular weight excluding hydrogens is 500 g/mol. The number of furan rings is 1. The number of pyridine rings is 2. The third kappa shape index (κ3) is 3.98. The standard InChI is InChI=1S/C38H24N2O/c1-2-5-33-32(4-1)34(30-14-10-26(11-15-30)28-18-22-40-23-19-28)24-35-37-31(6-3-7-36(37)41-38(33)35)29-12-8-25(9-13-29)27-16-20-39-21-17-27/h1-24H. The Balaban J connectivity index is 1.32. The number of rotatable bonds is 4. The average molecular weight is 525 g/mol. The van der Waals surface area contributed by atoms with E-state index < -0.39 is 0 Å². The first kappa shape index (κ1) is 23.4. The van der Waals surface area contributed by atoms with Crippen LogP contribution in [0.25, 0.3) is 77.2 Å². The zero-order chi connectivity index (χ0) is 27.2. The van der Waals surface area contributed by atoms with Crippen molar-refractivity contribution < 1.29 is 4.42 Å². The van der Waals surface area contributed by atoms with Gasteiger partial charge in [-0.2, -0.15) is 0 Å². The summed E-state index contributed by atoms with van der Waals surface area (Å²) in [7, 11) is 0. The first-order valence-corrected chi connectivity index (χ1v) is 13.7. The molecule has 0 aliphatic heterocycles. The minimum atomic E-state index is 0.894. The van der Waals surface area contributed by atoms with Crippen LogP contribution in [0, 0.1) is 0 Å². The monoisotopic (exact) mass is 524 g/mol. The Labute approximate surface area is 237 Å². The Morgan fingerprint density at radius 2 is 0.902 bits per heavy atom. The van der Waals surface area contributed by atoms with Crippen LogP contribution in [0.2, 0.25) is 0 Å². The number of fused-ring (bicyclic) bond motifs is 5. The number of hydrogen-bond donors (Lipinski definition) is 0. The summed E-state index contributed by atoms with van der Waals surface area (Å²) >= 11 is 0.